The van der Waals surface area contributed by atoms with Gasteiger partial charge in [0, 0.05) is 12.1 Å². The highest BCUT2D eigenvalue weighted by Crippen LogP contribution is 2.31. The molecule has 2 aromatic carbocycles. The summed E-state index contributed by atoms with van der Waals surface area (Å²) in [6.07, 6.45) is 0.550. The number of aryl methyl sites for hydroxylation is 2. The van der Waals surface area contributed by atoms with Crippen LogP contribution in [0.15, 0.2) is 53.3 Å². The lowest BCUT2D eigenvalue weighted by Gasteiger charge is -2.35. The summed E-state index contributed by atoms with van der Waals surface area (Å²) in [6.45, 7) is 8.47. The van der Waals surface area contributed by atoms with Crippen molar-refractivity contribution >= 4 is 27.7 Å². The molecule has 2 aromatic heterocycles. The smallest absolute Gasteiger partial charge is 0.264 e. The summed E-state index contributed by atoms with van der Waals surface area (Å²) in [4.78, 5) is 34.8. The van der Waals surface area contributed by atoms with Crippen molar-refractivity contribution in [3.8, 4) is 0 Å². The van der Waals surface area contributed by atoms with Crippen molar-refractivity contribution in [3.63, 3.8) is 0 Å². The average Bonchev–Trinajstić information content (AvgIpc) is 3.25. The second-order valence-electron chi connectivity index (χ2n) is 9.59. The Bertz CT molecular complexity index is 1460. The lowest BCUT2D eigenvalue weighted by atomic mass is 9.98. The summed E-state index contributed by atoms with van der Waals surface area (Å²) >= 11 is 1.18. The Hall–Kier alpha value is -3.43. The van der Waals surface area contributed by atoms with Crippen LogP contribution in [0.25, 0.3) is 10.2 Å². The van der Waals surface area contributed by atoms with Crippen molar-refractivity contribution in [2.24, 2.45) is 11.7 Å². The molecular weight excluding hydrogens is 489 g/mol. The van der Waals surface area contributed by atoms with Gasteiger partial charge in [-0.25, -0.2) is 9.37 Å². The summed E-state index contributed by atoms with van der Waals surface area (Å²) in [7, 11) is 0. The van der Waals surface area contributed by atoms with Crippen LogP contribution in [0.4, 0.5) is 4.39 Å². The predicted molar refractivity (Wildman–Crippen MR) is 145 cm³/mol. The van der Waals surface area contributed by atoms with Gasteiger partial charge in [0.1, 0.15) is 11.6 Å². The van der Waals surface area contributed by atoms with Crippen LogP contribution in [0.2, 0.25) is 0 Å². The third-order valence-corrected chi connectivity index (χ3v) is 7.33. The molecule has 0 fully saturated rings. The molecule has 194 valence electrons. The maximum absolute atomic E-state index is 14.4. The third-order valence-electron chi connectivity index (χ3n) is 6.49. The van der Waals surface area contributed by atoms with Crippen LogP contribution in [0.5, 0.6) is 0 Å². The highest BCUT2D eigenvalue weighted by molar-refractivity contribution is 7.12. The maximum Gasteiger partial charge on any atom is 0.264 e. The summed E-state index contributed by atoms with van der Waals surface area (Å²) in [5.74, 6) is -0.381. The number of nitrogens with two attached hydrogens (primary N) is 1. The first-order valence-electron chi connectivity index (χ1n) is 12.4. The molecule has 0 spiro atoms. The van der Waals surface area contributed by atoms with E-state index in [1.165, 1.54) is 17.6 Å². The van der Waals surface area contributed by atoms with E-state index in [2.05, 4.69) is 4.37 Å². The maximum atomic E-state index is 14.4. The zero-order chi connectivity index (χ0) is 26.7. The van der Waals surface area contributed by atoms with E-state index < -0.39 is 11.9 Å². The lowest BCUT2D eigenvalue weighted by molar-refractivity contribution is 0.0602. The normalized spacial score (nSPS) is 12.3. The van der Waals surface area contributed by atoms with Crippen molar-refractivity contribution in [1.82, 2.24) is 18.8 Å². The molecule has 1 amide bonds. The Morgan fingerprint density at radius 1 is 1.16 bits per heavy atom. The largest absolute Gasteiger partial charge is 0.330 e. The molecule has 4 aromatic rings. The molecule has 0 bridgehead atoms. The summed E-state index contributed by atoms with van der Waals surface area (Å²) in [5.41, 5.74) is 7.94. The number of hydrogen-bond acceptors (Lipinski definition) is 6. The first-order valence-corrected chi connectivity index (χ1v) is 13.2. The van der Waals surface area contributed by atoms with E-state index in [-0.39, 0.29) is 22.9 Å². The summed E-state index contributed by atoms with van der Waals surface area (Å²) in [5, 5.41) is 0.493. The molecule has 2 heterocycles. The number of nitrogens with zero attached hydrogens (tertiary/aromatic N) is 4. The van der Waals surface area contributed by atoms with Crippen LogP contribution in [-0.2, 0) is 6.54 Å². The van der Waals surface area contributed by atoms with Gasteiger partial charge in [-0.1, -0.05) is 50.2 Å². The minimum Gasteiger partial charge on any atom is -0.330 e. The molecule has 0 saturated heterocycles. The van der Waals surface area contributed by atoms with Gasteiger partial charge in [0.2, 0.25) is 0 Å². The van der Waals surface area contributed by atoms with Crippen LogP contribution in [-0.4, -0.2) is 37.8 Å². The molecule has 9 heteroatoms. The van der Waals surface area contributed by atoms with Gasteiger partial charge in [0.05, 0.1) is 23.7 Å². The lowest BCUT2D eigenvalue weighted by Crippen LogP contribution is -2.42. The van der Waals surface area contributed by atoms with Crippen LogP contribution >= 0.6 is 11.5 Å². The fourth-order valence-corrected chi connectivity index (χ4v) is 5.32. The Morgan fingerprint density at radius 2 is 1.89 bits per heavy atom. The van der Waals surface area contributed by atoms with Gasteiger partial charge in [-0.05, 0) is 67.5 Å². The first-order chi connectivity index (χ1) is 17.7. The third kappa shape index (κ3) is 5.47. The topological polar surface area (TPSA) is 94.1 Å². The monoisotopic (exact) mass is 521 g/mol. The number of carbonyl (C=O) groups is 1. The van der Waals surface area contributed by atoms with Crippen molar-refractivity contribution < 1.29 is 9.18 Å². The Labute approximate surface area is 219 Å². The molecule has 0 aliphatic carbocycles. The predicted octanol–water partition coefficient (Wildman–Crippen LogP) is 4.85. The van der Waals surface area contributed by atoms with E-state index in [1.54, 1.807) is 35.4 Å². The number of benzene rings is 2. The zero-order valence-corrected chi connectivity index (χ0v) is 22.4. The van der Waals surface area contributed by atoms with E-state index in [9.17, 15) is 14.0 Å². The molecule has 0 aliphatic rings. The number of amides is 1. The molecule has 4 rings (SSSR count). The minimum absolute atomic E-state index is 0.0996. The molecule has 0 radical (unpaired) electrons. The summed E-state index contributed by atoms with van der Waals surface area (Å²) < 4.78 is 20.4. The molecule has 1 atom stereocenters. The number of rotatable bonds is 9. The SMILES string of the molecule is Cc1ccc(C(=O)N(CCCN)[C@H](c2nc3snc(C)c3c(=O)n2Cc2ccccc2)C(C)C)cc1F. The number of carbonyl (C=O) groups excluding carboxylic acids is 1. The van der Waals surface area contributed by atoms with Gasteiger partial charge in [-0.2, -0.15) is 4.37 Å². The Balaban J connectivity index is 1.91. The van der Waals surface area contributed by atoms with Crippen molar-refractivity contribution in [1.29, 1.82) is 0 Å². The van der Waals surface area contributed by atoms with Crippen molar-refractivity contribution in [2.45, 2.75) is 46.7 Å². The van der Waals surface area contributed by atoms with Gasteiger partial charge in [-0.3, -0.25) is 14.2 Å². The van der Waals surface area contributed by atoms with Gasteiger partial charge in [0.25, 0.3) is 11.5 Å². The van der Waals surface area contributed by atoms with Gasteiger partial charge >= 0.3 is 0 Å². The number of hydrogen-bond donors (Lipinski definition) is 1. The molecule has 0 unspecified atom stereocenters. The minimum atomic E-state index is -0.549. The standard InChI is InChI=1S/C28H32FN5O2S/c1-17(2)24(33(14-8-13-30)27(35)21-12-11-18(3)22(29)15-21)25-31-26-23(19(4)32-37-26)28(36)34(25)16-20-9-6-5-7-10-20/h5-7,9-12,15,17,24H,8,13-14,16,30H2,1-4H3/t24-/m0/s1. The molecular formula is C28H32FN5O2S. The van der Waals surface area contributed by atoms with Crippen LogP contribution in [0.3, 0.4) is 0 Å². The fourth-order valence-electron chi connectivity index (χ4n) is 4.55. The van der Waals surface area contributed by atoms with Gasteiger partial charge in [0.15, 0.2) is 4.83 Å². The summed E-state index contributed by atoms with van der Waals surface area (Å²) in [6, 6.07) is 13.6. The van der Waals surface area contributed by atoms with Crippen LogP contribution in [0.1, 0.15) is 59.3 Å². The number of fused-ring (bicyclic) bond motifs is 1. The van der Waals surface area contributed by atoms with E-state index in [1.807, 2.05) is 44.2 Å². The zero-order valence-electron chi connectivity index (χ0n) is 21.6. The van der Waals surface area contributed by atoms with Gasteiger partial charge in [-0.15, -0.1) is 0 Å². The quantitative estimate of drug-likeness (QED) is 0.340. The second kappa shape index (κ2) is 11.3. The number of aromatic nitrogens is 3. The van der Waals surface area contributed by atoms with E-state index in [4.69, 9.17) is 10.7 Å². The molecule has 2 N–H and O–H groups in total. The fraction of sp³-hybridized carbons (Fsp3) is 0.357. The average molecular weight is 522 g/mol. The van der Waals surface area contributed by atoms with Crippen molar-refractivity contribution in [3.05, 3.63) is 92.9 Å². The number of halogens is 1. The van der Waals surface area contributed by atoms with E-state index in [0.29, 0.717) is 53.4 Å². The van der Waals surface area contributed by atoms with E-state index in [0.717, 1.165) is 5.56 Å². The first kappa shape index (κ1) is 26.6. The Kier molecular flexibility index (Phi) is 8.14. The van der Waals surface area contributed by atoms with E-state index >= 15 is 0 Å². The van der Waals surface area contributed by atoms with Crippen LogP contribution in [0, 0.1) is 25.6 Å². The second-order valence-corrected chi connectivity index (χ2v) is 10.3. The Morgan fingerprint density at radius 3 is 2.54 bits per heavy atom. The van der Waals surface area contributed by atoms with Gasteiger partial charge < -0.3 is 10.6 Å². The van der Waals surface area contributed by atoms with Crippen molar-refractivity contribution in [2.75, 3.05) is 13.1 Å². The molecule has 37 heavy (non-hydrogen) atoms. The highest BCUT2D eigenvalue weighted by Gasteiger charge is 2.33. The highest BCUT2D eigenvalue weighted by atomic mass is 32.1. The van der Waals surface area contributed by atoms with Crippen LogP contribution < -0.4 is 11.3 Å². The molecule has 7 nitrogen and oxygen atoms in total. The molecule has 0 aliphatic heterocycles. The molecule has 0 saturated carbocycles.